The first-order valence-corrected chi connectivity index (χ1v) is 23.3. The second-order valence-corrected chi connectivity index (χ2v) is 20.6. The molecule has 68 heavy (non-hydrogen) atoms. The van der Waals surface area contributed by atoms with Gasteiger partial charge in [-0.15, -0.1) is 0 Å². The van der Waals surface area contributed by atoms with Gasteiger partial charge in [0.2, 0.25) is 11.8 Å². The number of imidazole rings is 2. The SMILES string of the molecule is CC(C)(C)OC(=O)CN(CC(=O)OC(C)(C)C)C(=O)Cn1ccnc1CN(CCCCOc1ccc(NS(=O)O)cc1)Cc1nccn1CC(=O)N(CC(=O)OC(C)(C)C)CC(=O)OC(C)(C)C. The zero-order valence-corrected chi connectivity index (χ0v) is 42.3. The molecule has 378 valence electrons. The summed E-state index contributed by atoms with van der Waals surface area (Å²) in [6.07, 6.45) is 7.50. The van der Waals surface area contributed by atoms with Gasteiger partial charge in [-0.25, -0.2) is 14.2 Å². The second kappa shape index (κ2) is 24.9. The highest BCUT2D eigenvalue weighted by Gasteiger charge is 2.29. The van der Waals surface area contributed by atoms with Crippen LogP contribution in [0.4, 0.5) is 5.69 Å². The van der Waals surface area contributed by atoms with Crippen molar-refractivity contribution < 1.29 is 61.2 Å². The van der Waals surface area contributed by atoms with Gasteiger partial charge in [-0.3, -0.25) is 42.9 Å². The summed E-state index contributed by atoms with van der Waals surface area (Å²) in [7, 11) is 0. The molecule has 2 aromatic heterocycles. The number of nitrogens with one attached hydrogen (secondary N) is 1. The number of ether oxygens (including phenoxy) is 5. The van der Waals surface area contributed by atoms with Crippen LogP contribution in [0.3, 0.4) is 0 Å². The maximum absolute atomic E-state index is 13.9. The number of amides is 2. The van der Waals surface area contributed by atoms with E-state index in [-0.39, 0.29) is 26.2 Å². The molecular weight excluding hydrogens is 905 g/mol. The summed E-state index contributed by atoms with van der Waals surface area (Å²) in [5, 5.41) is 0. The molecule has 0 radical (unpaired) electrons. The number of hydrogen-bond donors (Lipinski definition) is 2. The zero-order valence-electron chi connectivity index (χ0n) is 41.5. The number of aromatic nitrogens is 4. The van der Waals surface area contributed by atoms with Crippen LogP contribution in [0.25, 0.3) is 0 Å². The number of hydrogen-bond acceptors (Lipinski definition) is 15. The summed E-state index contributed by atoms with van der Waals surface area (Å²) in [6.45, 7) is 19.0. The third kappa shape index (κ3) is 22.8. The summed E-state index contributed by atoms with van der Waals surface area (Å²) in [5.41, 5.74) is -2.88. The number of benzene rings is 1. The number of carbonyl (C=O) groups is 6. The van der Waals surface area contributed by atoms with Gasteiger partial charge in [0.25, 0.3) is 11.3 Å². The van der Waals surface area contributed by atoms with Gasteiger partial charge < -0.3 is 42.6 Å². The van der Waals surface area contributed by atoms with Crippen LogP contribution in [0, 0.1) is 0 Å². The normalized spacial score (nSPS) is 12.5. The summed E-state index contributed by atoms with van der Waals surface area (Å²) >= 11 is -2.21. The Balaban J connectivity index is 1.87. The van der Waals surface area contributed by atoms with Gasteiger partial charge in [-0.1, -0.05) is 0 Å². The van der Waals surface area contributed by atoms with Crippen molar-refractivity contribution in [2.75, 3.05) is 44.1 Å². The fraction of sp³-hybridized carbons (Fsp3) is 0.609. The van der Waals surface area contributed by atoms with Crippen molar-refractivity contribution in [3.8, 4) is 5.75 Å². The topological polar surface area (TPSA) is 243 Å². The van der Waals surface area contributed by atoms with Gasteiger partial charge >= 0.3 is 23.9 Å². The average Bonchev–Trinajstić information content (AvgIpc) is 3.79. The number of unbranched alkanes of at least 4 members (excludes halogenated alkanes) is 1. The van der Waals surface area contributed by atoms with Crippen LogP contribution in [0.15, 0.2) is 49.1 Å². The van der Waals surface area contributed by atoms with E-state index in [0.29, 0.717) is 49.1 Å². The molecule has 0 aliphatic rings. The highest BCUT2D eigenvalue weighted by atomic mass is 32.2. The van der Waals surface area contributed by atoms with Gasteiger partial charge in [0.15, 0.2) is 0 Å². The molecule has 0 bridgehead atoms. The Labute approximate surface area is 401 Å². The van der Waals surface area contributed by atoms with Crippen LogP contribution < -0.4 is 9.46 Å². The number of anilines is 1. The number of nitrogens with zero attached hydrogens (tertiary/aromatic N) is 7. The Bertz CT molecular complexity index is 2000. The molecular formula is C46H70N8O13S. The smallest absolute Gasteiger partial charge is 0.326 e. The minimum absolute atomic E-state index is 0.185. The molecule has 2 heterocycles. The van der Waals surface area contributed by atoms with Crippen molar-refractivity contribution >= 4 is 52.6 Å². The lowest BCUT2D eigenvalue weighted by atomic mass is 10.2. The van der Waals surface area contributed by atoms with Crippen molar-refractivity contribution in [2.24, 2.45) is 0 Å². The fourth-order valence-corrected chi connectivity index (χ4v) is 6.64. The summed E-state index contributed by atoms with van der Waals surface area (Å²) in [4.78, 5) is 92.7. The molecule has 3 rings (SSSR count). The Kier molecular flexibility index (Phi) is 20.7. The minimum Gasteiger partial charge on any atom is -0.494 e. The van der Waals surface area contributed by atoms with E-state index >= 15 is 0 Å². The lowest BCUT2D eigenvalue weighted by molar-refractivity contribution is -0.165. The molecule has 0 aliphatic carbocycles. The van der Waals surface area contributed by atoms with E-state index in [4.69, 9.17) is 28.2 Å². The minimum atomic E-state index is -2.21. The third-order valence-electron chi connectivity index (χ3n) is 8.81. The van der Waals surface area contributed by atoms with E-state index in [1.54, 1.807) is 129 Å². The summed E-state index contributed by atoms with van der Waals surface area (Å²) in [5.74, 6) is -2.41. The monoisotopic (exact) mass is 974 g/mol. The van der Waals surface area contributed by atoms with Crippen LogP contribution in [0.2, 0.25) is 0 Å². The zero-order chi connectivity index (χ0) is 51.0. The summed E-state index contributed by atoms with van der Waals surface area (Å²) in [6, 6.07) is 6.59. The van der Waals surface area contributed by atoms with E-state index in [9.17, 15) is 33.0 Å². The first-order chi connectivity index (χ1) is 31.4. The van der Waals surface area contributed by atoms with E-state index in [1.165, 1.54) is 12.4 Å². The van der Waals surface area contributed by atoms with E-state index in [1.807, 2.05) is 4.90 Å². The maximum Gasteiger partial charge on any atom is 0.326 e. The Morgan fingerprint density at radius 3 is 1.31 bits per heavy atom. The predicted octanol–water partition coefficient (Wildman–Crippen LogP) is 4.51. The standard InChI is InChI=1S/C46H70N8O13S/c1-43(2,3)64-39(57)29-53(30-40(58)65-44(4,5)6)37(55)27-51-22-19-47-35(51)25-50(21-13-14-24-63-34-17-15-33(16-18-34)49-68(61)62)26-36-48-20-23-52(36)28-38(56)54(31-41(59)66-45(7,8)9)32-42(60)67-46(10,11)12/h15-20,22-23,49H,13-14,21,24-32H2,1-12H3,(H,61,62). The Morgan fingerprint density at radius 2 is 0.971 bits per heavy atom. The van der Waals surface area contributed by atoms with Crippen LogP contribution in [-0.4, -0.2) is 140 Å². The summed E-state index contributed by atoms with van der Waals surface area (Å²) < 4.78 is 53.6. The lowest BCUT2D eigenvalue weighted by Gasteiger charge is -2.27. The first kappa shape index (κ1) is 56.5. The van der Waals surface area contributed by atoms with Gasteiger partial charge in [-0.2, -0.15) is 0 Å². The van der Waals surface area contributed by atoms with Gasteiger partial charge in [0, 0.05) is 30.5 Å². The molecule has 0 saturated carbocycles. The van der Waals surface area contributed by atoms with Crippen molar-refractivity contribution in [1.29, 1.82) is 0 Å². The second-order valence-electron chi connectivity index (χ2n) is 19.9. The highest BCUT2D eigenvalue weighted by molar-refractivity contribution is 7.80. The van der Waals surface area contributed by atoms with Crippen LogP contribution in [0.5, 0.6) is 5.75 Å². The van der Waals surface area contributed by atoms with Crippen molar-refractivity contribution in [1.82, 2.24) is 33.8 Å². The molecule has 2 N–H and O–H groups in total. The lowest BCUT2D eigenvalue weighted by Crippen LogP contribution is -2.44. The van der Waals surface area contributed by atoms with E-state index in [0.717, 1.165) is 9.80 Å². The molecule has 0 fully saturated rings. The van der Waals surface area contributed by atoms with Crippen molar-refractivity contribution in [2.45, 2.75) is 145 Å². The van der Waals surface area contributed by atoms with Crippen molar-refractivity contribution in [3.63, 3.8) is 0 Å². The van der Waals surface area contributed by atoms with Crippen molar-refractivity contribution in [3.05, 3.63) is 60.7 Å². The quantitative estimate of drug-likeness (QED) is 0.0543. The third-order valence-corrected chi connectivity index (χ3v) is 9.22. The molecule has 1 atom stereocenters. The van der Waals surface area contributed by atoms with Crippen LogP contribution in [-0.2, 0) is 85.2 Å². The molecule has 21 nitrogen and oxygen atoms in total. The number of rotatable bonds is 24. The average molecular weight is 975 g/mol. The molecule has 0 spiro atoms. The molecule has 2 amide bonds. The van der Waals surface area contributed by atoms with Gasteiger partial charge in [0.1, 0.15) is 79.1 Å². The predicted molar refractivity (Wildman–Crippen MR) is 251 cm³/mol. The maximum atomic E-state index is 13.9. The number of esters is 4. The largest absolute Gasteiger partial charge is 0.494 e. The molecule has 0 saturated heterocycles. The van der Waals surface area contributed by atoms with E-state index in [2.05, 4.69) is 14.7 Å². The Morgan fingerprint density at radius 1 is 0.603 bits per heavy atom. The highest BCUT2D eigenvalue weighted by Crippen LogP contribution is 2.18. The first-order valence-electron chi connectivity index (χ1n) is 22.2. The van der Waals surface area contributed by atoms with Crippen LogP contribution in [0.1, 0.15) is 108 Å². The molecule has 3 aromatic rings. The van der Waals surface area contributed by atoms with Crippen LogP contribution >= 0.6 is 0 Å². The number of carbonyl (C=O) groups excluding carboxylic acids is 6. The molecule has 1 aromatic carbocycles. The Hall–Kier alpha value is -5.87. The fourth-order valence-electron chi connectivity index (χ4n) is 6.31. The molecule has 22 heteroatoms. The molecule has 0 aliphatic heterocycles. The van der Waals surface area contributed by atoms with E-state index < -0.39 is 95.5 Å². The van der Waals surface area contributed by atoms with Gasteiger partial charge in [-0.05, 0) is 127 Å². The molecule has 1 unspecified atom stereocenters. The van der Waals surface area contributed by atoms with Gasteiger partial charge in [0.05, 0.1) is 19.7 Å².